The first kappa shape index (κ1) is 15.9. The van der Waals surface area contributed by atoms with Crippen LogP contribution < -0.4 is 5.32 Å². The molecule has 5 nitrogen and oxygen atoms in total. The van der Waals surface area contributed by atoms with Crippen molar-refractivity contribution in [1.82, 2.24) is 20.3 Å². The van der Waals surface area contributed by atoms with Crippen LogP contribution in [0, 0.1) is 13.8 Å². The number of pyridine rings is 1. The maximum Gasteiger partial charge on any atom is 0.194 e. The van der Waals surface area contributed by atoms with Crippen LogP contribution in [0.5, 0.6) is 0 Å². The number of aryl methyl sites for hydroxylation is 2. The highest BCUT2D eigenvalue weighted by atomic mass is 32.2. The topological polar surface area (TPSA) is 59.9 Å². The highest BCUT2D eigenvalue weighted by Crippen LogP contribution is 2.22. The summed E-state index contributed by atoms with van der Waals surface area (Å²) in [6, 6.07) is 6.03. The zero-order valence-electron chi connectivity index (χ0n) is 12.6. The van der Waals surface area contributed by atoms with Gasteiger partial charge < -0.3 is 10.1 Å². The van der Waals surface area contributed by atoms with Crippen molar-refractivity contribution in [1.29, 1.82) is 0 Å². The van der Waals surface area contributed by atoms with Gasteiger partial charge in [0, 0.05) is 37.8 Å². The highest BCUT2D eigenvalue weighted by molar-refractivity contribution is 7.99. The molecule has 0 atom stereocenters. The second kappa shape index (κ2) is 8.07. The van der Waals surface area contributed by atoms with Gasteiger partial charge in [-0.2, -0.15) is 0 Å². The number of aromatic nitrogens is 3. The van der Waals surface area contributed by atoms with E-state index in [4.69, 9.17) is 4.74 Å². The lowest BCUT2D eigenvalue weighted by atomic mass is 10.3. The summed E-state index contributed by atoms with van der Waals surface area (Å²) in [7, 11) is 1.70. The summed E-state index contributed by atoms with van der Waals surface area (Å²) >= 11 is 1.48. The van der Waals surface area contributed by atoms with E-state index < -0.39 is 0 Å². The molecule has 0 amide bonds. The van der Waals surface area contributed by atoms with E-state index in [1.807, 2.05) is 32.2 Å². The van der Waals surface area contributed by atoms with Crippen molar-refractivity contribution in [3.8, 4) is 0 Å². The quantitative estimate of drug-likeness (QED) is 0.626. The summed E-state index contributed by atoms with van der Waals surface area (Å²) in [5.41, 5.74) is 3.10. The zero-order valence-corrected chi connectivity index (χ0v) is 13.4. The third-order valence-electron chi connectivity index (χ3n) is 2.77. The van der Waals surface area contributed by atoms with Gasteiger partial charge in [-0.15, -0.1) is 0 Å². The summed E-state index contributed by atoms with van der Waals surface area (Å²) in [6.07, 6.45) is 1.88. The Kier molecular flexibility index (Phi) is 6.10. The van der Waals surface area contributed by atoms with Crippen molar-refractivity contribution in [3.63, 3.8) is 0 Å². The summed E-state index contributed by atoms with van der Waals surface area (Å²) in [6.45, 7) is 6.29. The van der Waals surface area contributed by atoms with Crippen molar-refractivity contribution in [2.75, 3.05) is 20.3 Å². The first-order valence-corrected chi connectivity index (χ1v) is 7.64. The molecule has 21 heavy (non-hydrogen) atoms. The Balaban J connectivity index is 1.92. The number of nitrogens with zero attached hydrogens (tertiary/aromatic N) is 3. The molecule has 0 aliphatic carbocycles. The molecule has 0 spiro atoms. The fraction of sp³-hybridized carbons (Fsp3) is 0.400. The summed E-state index contributed by atoms with van der Waals surface area (Å²) in [5, 5.41) is 4.94. The van der Waals surface area contributed by atoms with Gasteiger partial charge in [0.1, 0.15) is 5.03 Å². The molecule has 0 radical (unpaired) electrons. The minimum atomic E-state index is 0.714. The minimum absolute atomic E-state index is 0.714. The molecular weight excluding hydrogens is 284 g/mol. The van der Waals surface area contributed by atoms with Gasteiger partial charge >= 0.3 is 0 Å². The fourth-order valence-corrected chi connectivity index (χ4v) is 2.62. The maximum absolute atomic E-state index is 4.99. The van der Waals surface area contributed by atoms with Crippen LogP contribution in [-0.2, 0) is 11.3 Å². The van der Waals surface area contributed by atoms with E-state index in [2.05, 4.69) is 26.3 Å². The summed E-state index contributed by atoms with van der Waals surface area (Å²) in [4.78, 5) is 13.3. The Morgan fingerprint density at radius 1 is 1.19 bits per heavy atom. The van der Waals surface area contributed by atoms with Gasteiger partial charge in [-0.25, -0.2) is 15.0 Å². The van der Waals surface area contributed by atoms with E-state index in [0.717, 1.165) is 40.2 Å². The van der Waals surface area contributed by atoms with Crippen molar-refractivity contribution < 1.29 is 4.74 Å². The minimum Gasteiger partial charge on any atom is -0.383 e. The normalized spacial score (nSPS) is 10.8. The van der Waals surface area contributed by atoms with E-state index in [9.17, 15) is 0 Å². The molecule has 2 rings (SSSR count). The molecule has 0 saturated carbocycles. The van der Waals surface area contributed by atoms with Crippen molar-refractivity contribution in [3.05, 3.63) is 41.3 Å². The molecule has 0 fully saturated rings. The maximum atomic E-state index is 4.99. The van der Waals surface area contributed by atoms with Gasteiger partial charge in [-0.3, -0.25) is 0 Å². The Bertz CT molecular complexity index is 554. The van der Waals surface area contributed by atoms with Gasteiger partial charge in [0.2, 0.25) is 0 Å². The van der Waals surface area contributed by atoms with Gasteiger partial charge in [0.05, 0.1) is 6.61 Å². The first-order chi connectivity index (χ1) is 10.2. The predicted octanol–water partition coefficient (Wildman–Crippen LogP) is 2.38. The first-order valence-electron chi connectivity index (χ1n) is 6.82. The van der Waals surface area contributed by atoms with E-state index in [-0.39, 0.29) is 0 Å². The molecule has 2 aromatic rings. The Morgan fingerprint density at radius 2 is 1.95 bits per heavy atom. The molecule has 1 N–H and O–H groups in total. The van der Waals surface area contributed by atoms with Crippen LogP contribution in [-0.4, -0.2) is 35.2 Å². The number of rotatable bonds is 7. The zero-order chi connectivity index (χ0) is 15.1. The number of hydrogen-bond acceptors (Lipinski definition) is 6. The smallest absolute Gasteiger partial charge is 0.194 e. The SMILES string of the molecule is COCCNCc1ccc(Sc2nc(C)cc(C)n2)nc1. The predicted molar refractivity (Wildman–Crippen MR) is 83.4 cm³/mol. The fourth-order valence-electron chi connectivity index (χ4n) is 1.82. The van der Waals surface area contributed by atoms with Crippen LogP contribution in [0.25, 0.3) is 0 Å². The third-order valence-corrected chi connectivity index (χ3v) is 3.58. The average Bonchev–Trinajstić information content (AvgIpc) is 2.44. The molecule has 0 aromatic carbocycles. The lowest BCUT2D eigenvalue weighted by Gasteiger charge is -2.05. The number of methoxy groups -OCH3 is 1. The second-order valence-electron chi connectivity index (χ2n) is 4.71. The summed E-state index contributed by atoms with van der Waals surface area (Å²) in [5.74, 6) is 0. The molecule has 0 unspecified atom stereocenters. The van der Waals surface area contributed by atoms with E-state index in [0.29, 0.717) is 6.61 Å². The van der Waals surface area contributed by atoms with Crippen LogP contribution in [0.1, 0.15) is 17.0 Å². The Morgan fingerprint density at radius 3 is 2.57 bits per heavy atom. The van der Waals surface area contributed by atoms with Crippen LogP contribution >= 0.6 is 11.8 Å². The van der Waals surface area contributed by atoms with E-state index in [1.54, 1.807) is 7.11 Å². The van der Waals surface area contributed by atoms with Gasteiger partial charge in [-0.05, 0) is 43.3 Å². The average molecular weight is 304 g/mol. The van der Waals surface area contributed by atoms with E-state index >= 15 is 0 Å². The lowest BCUT2D eigenvalue weighted by Crippen LogP contribution is -2.18. The van der Waals surface area contributed by atoms with Crippen molar-refractivity contribution in [2.24, 2.45) is 0 Å². The second-order valence-corrected chi connectivity index (χ2v) is 5.70. The summed E-state index contributed by atoms with van der Waals surface area (Å²) < 4.78 is 4.99. The molecule has 2 heterocycles. The highest BCUT2D eigenvalue weighted by Gasteiger charge is 2.04. The number of nitrogens with one attached hydrogen (secondary N) is 1. The monoisotopic (exact) mass is 304 g/mol. The number of ether oxygens (including phenoxy) is 1. The van der Waals surface area contributed by atoms with Crippen molar-refractivity contribution >= 4 is 11.8 Å². The molecule has 6 heteroatoms. The molecule has 0 saturated heterocycles. The standard InChI is InChI=1S/C15H20N4OS/c1-11-8-12(2)19-15(18-11)21-14-5-4-13(10-17-14)9-16-6-7-20-3/h4-5,8,10,16H,6-7,9H2,1-3H3. The Labute approximate surface area is 129 Å². The Hall–Kier alpha value is -1.50. The number of hydrogen-bond donors (Lipinski definition) is 1. The van der Waals surface area contributed by atoms with Gasteiger partial charge in [-0.1, -0.05) is 6.07 Å². The molecular formula is C15H20N4OS. The molecule has 2 aromatic heterocycles. The van der Waals surface area contributed by atoms with Gasteiger partial charge in [0.25, 0.3) is 0 Å². The lowest BCUT2D eigenvalue weighted by molar-refractivity contribution is 0.199. The van der Waals surface area contributed by atoms with Gasteiger partial charge in [0.15, 0.2) is 5.16 Å². The van der Waals surface area contributed by atoms with Crippen LogP contribution in [0.2, 0.25) is 0 Å². The largest absolute Gasteiger partial charge is 0.383 e. The van der Waals surface area contributed by atoms with Crippen LogP contribution in [0.4, 0.5) is 0 Å². The molecule has 0 bridgehead atoms. The van der Waals surface area contributed by atoms with Crippen LogP contribution in [0.3, 0.4) is 0 Å². The van der Waals surface area contributed by atoms with Crippen molar-refractivity contribution in [2.45, 2.75) is 30.6 Å². The molecule has 112 valence electrons. The third kappa shape index (κ3) is 5.41. The van der Waals surface area contributed by atoms with Crippen LogP contribution in [0.15, 0.2) is 34.6 Å². The molecule has 0 aliphatic rings. The molecule has 0 aliphatic heterocycles. The van der Waals surface area contributed by atoms with E-state index in [1.165, 1.54) is 11.8 Å².